The van der Waals surface area contributed by atoms with Crippen molar-refractivity contribution in [2.75, 3.05) is 57.9 Å². The minimum Gasteiger partial charge on any atom is -0.493 e. The molecule has 0 aromatic heterocycles. The number of amides is 1. The molecule has 6 rings (SSSR count). The Morgan fingerprint density at radius 2 is 1.73 bits per heavy atom. The fourth-order valence-corrected chi connectivity index (χ4v) is 5.71. The predicted octanol–water partition coefficient (Wildman–Crippen LogP) is 4.76. The zero-order valence-electron chi connectivity index (χ0n) is 21.4. The third-order valence-electron chi connectivity index (χ3n) is 7.78. The largest absolute Gasteiger partial charge is 0.493 e. The summed E-state index contributed by atoms with van der Waals surface area (Å²) >= 11 is 0. The van der Waals surface area contributed by atoms with Gasteiger partial charge in [-0.2, -0.15) is 0 Å². The van der Waals surface area contributed by atoms with Crippen molar-refractivity contribution in [1.29, 1.82) is 0 Å². The van der Waals surface area contributed by atoms with E-state index in [0.717, 1.165) is 80.7 Å². The molecule has 0 spiro atoms. The van der Waals surface area contributed by atoms with Gasteiger partial charge in [0.2, 0.25) is 0 Å². The molecule has 192 valence electrons. The van der Waals surface area contributed by atoms with Gasteiger partial charge in [0.05, 0.1) is 31.0 Å². The van der Waals surface area contributed by atoms with Gasteiger partial charge < -0.3 is 19.3 Å². The van der Waals surface area contributed by atoms with Crippen molar-refractivity contribution in [2.45, 2.75) is 25.3 Å². The van der Waals surface area contributed by atoms with Crippen LogP contribution in [0.25, 0.3) is 10.8 Å². The summed E-state index contributed by atoms with van der Waals surface area (Å²) in [6.07, 6.45) is 4.90. The number of rotatable bonds is 7. The standard InChI is InChI=1S/C30H34N4O3/c1-36-28-19-22-17-26-27(31-21-25-9-5-11-34(25)30(26)35)18-23(22)20-29(28)37-16-6-10-32-12-14-33(15-13-32)24-7-3-2-4-8-24/h2-4,7-8,17-21,25H,5-6,9-16H2,1H3/t25-/m0/s1. The molecule has 3 heterocycles. The van der Waals surface area contributed by atoms with E-state index in [9.17, 15) is 4.79 Å². The van der Waals surface area contributed by atoms with E-state index in [0.29, 0.717) is 17.9 Å². The van der Waals surface area contributed by atoms with Crippen LogP contribution in [0.4, 0.5) is 11.4 Å². The van der Waals surface area contributed by atoms with Crippen molar-refractivity contribution >= 4 is 34.3 Å². The van der Waals surface area contributed by atoms with E-state index < -0.39 is 0 Å². The number of fused-ring (bicyclic) bond motifs is 3. The fourth-order valence-electron chi connectivity index (χ4n) is 5.71. The van der Waals surface area contributed by atoms with Crippen LogP contribution in [0, 0.1) is 0 Å². The maximum atomic E-state index is 13.2. The maximum Gasteiger partial charge on any atom is 0.256 e. The maximum absolute atomic E-state index is 13.2. The zero-order chi connectivity index (χ0) is 25.2. The number of methoxy groups -OCH3 is 1. The zero-order valence-corrected chi connectivity index (χ0v) is 21.4. The van der Waals surface area contributed by atoms with Gasteiger partial charge >= 0.3 is 0 Å². The van der Waals surface area contributed by atoms with E-state index in [-0.39, 0.29) is 11.9 Å². The number of carbonyl (C=O) groups excluding carboxylic acids is 1. The molecule has 0 bridgehead atoms. The Bertz CT molecular complexity index is 1300. The summed E-state index contributed by atoms with van der Waals surface area (Å²) in [4.78, 5) is 24.8. The molecule has 0 unspecified atom stereocenters. The minimum atomic E-state index is 0.0702. The van der Waals surface area contributed by atoms with Crippen LogP contribution < -0.4 is 14.4 Å². The highest BCUT2D eigenvalue weighted by Crippen LogP contribution is 2.37. The Balaban J connectivity index is 1.09. The van der Waals surface area contributed by atoms with Crippen molar-refractivity contribution in [2.24, 2.45) is 4.99 Å². The fraction of sp³-hybridized carbons (Fsp3) is 0.400. The van der Waals surface area contributed by atoms with E-state index in [1.807, 2.05) is 35.4 Å². The molecule has 3 aromatic carbocycles. The van der Waals surface area contributed by atoms with Crippen molar-refractivity contribution in [3.63, 3.8) is 0 Å². The number of nitrogens with zero attached hydrogens (tertiary/aromatic N) is 4. The summed E-state index contributed by atoms with van der Waals surface area (Å²) in [5.41, 5.74) is 2.70. The lowest BCUT2D eigenvalue weighted by atomic mass is 10.0. The summed E-state index contributed by atoms with van der Waals surface area (Å²) in [7, 11) is 1.66. The van der Waals surface area contributed by atoms with Crippen molar-refractivity contribution < 1.29 is 14.3 Å². The summed E-state index contributed by atoms with van der Waals surface area (Å²) in [5, 5.41) is 1.96. The van der Waals surface area contributed by atoms with Crippen molar-refractivity contribution in [1.82, 2.24) is 9.80 Å². The second-order valence-electron chi connectivity index (χ2n) is 10.1. The second kappa shape index (κ2) is 10.4. The van der Waals surface area contributed by atoms with Gasteiger partial charge in [-0.1, -0.05) is 18.2 Å². The van der Waals surface area contributed by atoms with Gasteiger partial charge in [0, 0.05) is 51.2 Å². The van der Waals surface area contributed by atoms with Crippen LogP contribution in [0.15, 0.2) is 59.6 Å². The molecular weight excluding hydrogens is 464 g/mol. The van der Waals surface area contributed by atoms with E-state index in [4.69, 9.17) is 9.47 Å². The van der Waals surface area contributed by atoms with Gasteiger partial charge in [0.1, 0.15) is 0 Å². The number of para-hydroxylation sites is 1. The predicted molar refractivity (Wildman–Crippen MR) is 148 cm³/mol. The number of hydrogen-bond donors (Lipinski definition) is 0. The lowest BCUT2D eigenvalue weighted by Crippen LogP contribution is -2.46. The van der Waals surface area contributed by atoms with Crippen LogP contribution in [0.3, 0.4) is 0 Å². The van der Waals surface area contributed by atoms with Gasteiger partial charge in [-0.25, -0.2) is 0 Å². The Morgan fingerprint density at radius 3 is 2.54 bits per heavy atom. The molecule has 0 radical (unpaired) electrons. The van der Waals surface area contributed by atoms with Crippen LogP contribution in [0.5, 0.6) is 11.5 Å². The second-order valence-corrected chi connectivity index (χ2v) is 10.1. The van der Waals surface area contributed by atoms with Gasteiger partial charge in [0.15, 0.2) is 11.5 Å². The van der Waals surface area contributed by atoms with Crippen LogP contribution in [0.2, 0.25) is 0 Å². The first-order valence-electron chi connectivity index (χ1n) is 13.4. The minimum absolute atomic E-state index is 0.0702. The smallest absolute Gasteiger partial charge is 0.256 e. The van der Waals surface area contributed by atoms with E-state index in [1.165, 1.54) is 5.69 Å². The van der Waals surface area contributed by atoms with Gasteiger partial charge in [-0.05, 0) is 66.4 Å². The van der Waals surface area contributed by atoms with E-state index in [2.05, 4.69) is 45.1 Å². The normalized spacial score (nSPS) is 19.6. The van der Waals surface area contributed by atoms with E-state index >= 15 is 0 Å². The summed E-state index contributed by atoms with van der Waals surface area (Å²) in [5.74, 6) is 1.49. The van der Waals surface area contributed by atoms with Gasteiger partial charge in [-0.3, -0.25) is 14.7 Å². The summed E-state index contributed by atoms with van der Waals surface area (Å²) in [6.45, 7) is 6.67. The molecule has 0 aliphatic carbocycles. The van der Waals surface area contributed by atoms with E-state index in [1.54, 1.807) is 7.11 Å². The highest BCUT2D eigenvalue weighted by molar-refractivity contribution is 6.07. The first-order chi connectivity index (χ1) is 18.2. The SMILES string of the molecule is COc1cc2cc3c(cc2cc1OCCCN1CCN(c2ccccc2)CC1)N=C[C@@H]1CCCN1C3=O. The first kappa shape index (κ1) is 23.8. The third kappa shape index (κ3) is 4.88. The Labute approximate surface area is 218 Å². The lowest BCUT2D eigenvalue weighted by Gasteiger charge is -2.36. The summed E-state index contributed by atoms with van der Waals surface area (Å²) < 4.78 is 11.8. The highest BCUT2D eigenvalue weighted by Gasteiger charge is 2.31. The van der Waals surface area contributed by atoms with Crippen LogP contribution >= 0.6 is 0 Å². The molecule has 1 atom stereocenters. The van der Waals surface area contributed by atoms with Gasteiger partial charge in [0.25, 0.3) is 5.91 Å². The van der Waals surface area contributed by atoms with Gasteiger partial charge in [-0.15, -0.1) is 0 Å². The molecule has 3 aliphatic rings. The molecule has 0 saturated carbocycles. The molecule has 3 aromatic rings. The average Bonchev–Trinajstić information content (AvgIpc) is 3.38. The summed E-state index contributed by atoms with van der Waals surface area (Å²) in [6, 6.07) is 18.7. The Kier molecular flexibility index (Phi) is 6.70. The molecule has 3 aliphatic heterocycles. The van der Waals surface area contributed by atoms with Crippen LogP contribution in [0.1, 0.15) is 29.6 Å². The number of aliphatic imine (C=N–C) groups is 1. The molecule has 2 saturated heterocycles. The lowest BCUT2D eigenvalue weighted by molar-refractivity contribution is 0.0775. The topological polar surface area (TPSA) is 57.6 Å². The molecular formula is C30H34N4O3. The van der Waals surface area contributed by atoms with Crippen LogP contribution in [-0.4, -0.2) is 80.9 Å². The number of ether oxygens (including phenoxy) is 2. The Hall–Kier alpha value is -3.58. The molecule has 37 heavy (non-hydrogen) atoms. The Morgan fingerprint density at radius 1 is 0.946 bits per heavy atom. The quantitative estimate of drug-likeness (QED) is 0.440. The molecule has 1 amide bonds. The number of carbonyl (C=O) groups is 1. The third-order valence-corrected chi connectivity index (χ3v) is 7.78. The number of benzene rings is 3. The van der Waals surface area contributed by atoms with Crippen LogP contribution in [-0.2, 0) is 0 Å². The first-order valence-corrected chi connectivity index (χ1v) is 13.4. The number of anilines is 1. The molecule has 7 heteroatoms. The molecule has 0 N–H and O–H groups in total. The average molecular weight is 499 g/mol. The monoisotopic (exact) mass is 498 g/mol. The van der Waals surface area contributed by atoms with Crippen molar-refractivity contribution in [3.8, 4) is 11.5 Å². The highest BCUT2D eigenvalue weighted by atomic mass is 16.5. The number of hydrogen-bond acceptors (Lipinski definition) is 6. The number of piperazine rings is 1. The molecule has 2 fully saturated rings. The van der Waals surface area contributed by atoms with Crippen molar-refractivity contribution in [3.05, 3.63) is 60.2 Å². The molecule has 7 nitrogen and oxygen atoms in total.